The van der Waals surface area contributed by atoms with Gasteiger partial charge in [0.2, 0.25) is 0 Å². The molecule has 0 saturated heterocycles. The lowest BCUT2D eigenvalue weighted by atomic mass is 10.5. The van der Waals surface area contributed by atoms with Crippen LogP contribution in [0.15, 0.2) is 0 Å². The van der Waals surface area contributed by atoms with E-state index in [1.165, 1.54) is 0 Å². The molecule has 1 atom stereocenters. The Morgan fingerprint density at radius 3 is 2.20 bits per heavy atom. The van der Waals surface area contributed by atoms with Crippen LogP contribution in [0.3, 0.4) is 0 Å². The number of aliphatic hydroxyl groups is 1. The van der Waals surface area contributed by atoms with Gasteiger partial charge in [0.25, 0.3) is 0 Å². The first-order valence-electron chi connectivity index (χ1n) is 1.53. The largest absolute Gasteiger partial charge is 0.393 e. The van der Waals surface area contributed by atoms with Gasteiger partial charge in [-0.25, -0.2) is 0 Å². The minimum Gasteiger partial charge on any atom is -0.393 e. The van der Waals surface area contributed by atoms with Crippen molar-refractivity contribution in [2.75, 3.05) is 5.75 Å². The van der Waals surface area contributed by atoms with Crippen LogP contribution in [0.5, 0.6) is 0 Å². The molecule has 2 heteroatoms. The summed E-state index contributed by atoms with van der Waals surface area (Å²) in [6.45, 7) is 1.67. The molecule has 0 aliphatic heterocycles. The fourth-order valence-corrected chi connectivity index (χ4v) is 0. The summed E-state index contributed by atoms with van der Waals surface area (Å²) in [6, 6.07) is 0. The highest BCUT2D eigenvalue weighted by Crippen LogP contribution is 1.79. The smallest absolute Gasteiger partial charge is 0.0610 e. The molecule has 0 rings (SSSR count). The number of hydrogen-bond donors (Lipinski definition) is 1. The predicted octanol–water partition coefficient (Wildman–Crippen LogP) is 0.565. The molecule has 31 valence electrons. The van der Waals surface area contributed by atoms with Gasteiger partial charge < -0.3 is 5.11 Å². The summed E-state index contributed by atoms with van der Waals surface area (Å²) >= 11 is 4.43. The molecule has 0 heterocycles. The van der Waals surface area contributed by atoms with Gasteiger partial charge in [-0.1, -0.05) is 12.6 Å². The highest BCUT2D eigenvalue weighted by Gasteiger charge is 1.83. The summed E-state index contributed by atoms with van der Waals surface area (Å²) in [7, 11) is 0. The summed E-state index contributed by atoms with van der Waals surface area (Å²) in [4.78, 5) is 0. The summed E-state index contributed by atoms with van der Waals surface area (Å²) < 4.78 is 0. The second-order valence-electron chi connectivity index (χ2n) is 1.02. The lowest BCUT2D eigenvalue weighted by Crippen LogP contribution is -1.98. The molecular formula is C3H7OS. The van der Waals surface area contributed by atoms with Gasteiger partial charge in [0, 0.05) is 5.75 Å². The number of hydrogen-bond acceptors (Lipinski definition) is 1. The van der Waals surface area contributed by atoms with Crippen LogP contribution in [0.25, 0.3) is 0 Å². The zero-order chi connectivity index (χ0) is 4.28. The van der Waals surface area contributed by atoms with E-state index in [1.807, 2.05) is 0 Å². The van der Waals surface area contributed by atoms with Gasteiger partial charge in [-0.3, -0.25) is 0 Å². The number of rotatable bonds is 1. The van der Waals surface area contributed by atoms with E-state index in [-0.39, 0.29) is 6.10 Å². The molecule has 0 aromatic heterocycles. The van der Waals surface area contributed by atoms with Crippen molar-refractivity contribution in [3.05, 3.63) is 0 Å². The third kappa shape index (κ3) is 4.31. The van der Waals surface area contributed by atoms with E-state index < -0.39 is 0 Å². The summed E-state index contributed by atoms with van der Waals surface area (Å²) in [5.74, 6) is 0.444. The van der Waals surface area contributed by atoms with Crippen molar-refractivity contribution in [2.45, 2.75) is 13.0 Å². The van der Waals surface area contributed by atoms with Gasteiger partial charge in [0.1, 0.15) is 0 Å². The SMILES string of the molecule is CC(O)C[S]. The summed E-state index contributed by atoms with van der Waals surface area (Å²) in [5.41, 5.74) is 0. The molecule has 0 saturated carbocycles. The Labute approximate surface area is 37.4 Å². The van der Waals surface area contributed by atoms with Crippen LogP contribution in [0.4, 0.5) is 0 Å². The van der Waals surface area contributed by atoms with E-state index in [4.69, 9.17) is 5.11 Å². The molecule has 5 heavy (non-hydrogen) atoms. The minimum absolute atomic E-state index is 0.301. The maximum absolute atomic E-state index is 8.26. The lowest BCUT2D eigenvalue weighted by molar-refractivity contribution is 0.221. The van der Waals surface area contributed by atoms with E-state index in [9.17, 15) is 0 Å². The fraction of sp³-hybridized carbons (Fsp3) is 1.00. The van der Waals surface area contributed by atoms with Crippen LogP contribution in [-0.2, 0) is 0 Å². The normalized spacial score (nSPS) is 15.0. The lowest BCUT2D eigenvalue weighted by Gasteiger charge is -1.89. The Kier molecular flexibility index (Phi) is 2.70. The maximum atomic E-state index is 8.26. The second-order valence-corrected chi connectivity index (χ2v) is 1.35. The van der Waals surface area contributed by atoms with Crippen molar-refractivity contribution in [3.8, 4) is 0 Å². The molecule has 0 fully saturated rings. The van der Waals surface area contributed by atoms with Gasteiger partial charge in [-0.15, -0.1) is 0 Å². The van der Waals surface area contributed by atoms with Crippen LogP contribution in [0.2, 0.25) is 0 Å². The van der Waals surface area contributed by atoms with E-state index in [1.54, 1.807) is 6.92 Å². The molecule has 0 spiro atoms. The molecule has 0 bridgehead atoms. The topological polar surface area (TPSA) is 20.2 Å². The van der Waals surface area contributed by atoms with Crippen LogP contribution in [0, 0.1) is 0 Å². The minimum atomic E-state index is -0.301. The van der Waals surface area contributed by atoms with E-state index >= 15 is 0 Å². The average Bonchev–Trinajstić information content (AvgIpc) is 1.38. The van der Waals surface area contributed by atoms with Gasteiger partial charge >= 0.3 is 0 Å². The molecular weight excluding hydrogens is 84.1 g/mol. The second kappa shape index (κ2) is 2.54. The molecule has 1 nitrogen and oxygen atoms in total. The van der Waals surface area contributed by atoms with Gasteiger partial charge in [-0.2, -0.15) is 0 Å². The standard InChI is InChI=1S/C3H7OS/c1-3(4)2-5/h3-4H,2H2,1H3. The molecule has 1 unspecified atom stereocenters. The van der Waals surface area contributed by atoms with Crippen molar-refractivity contribution in [1.82, 2.24) is 0 Å². The quantitative estimate of drug-likeness (QED) is 0.500. The zero-order valence-electron chi connectivity index (χ0n) is 3.14. The molecule has 0 amide bonds. The van der Waals surface area contributed by atoms with Crippen LogP contribution in [0.1, 0.15) is 6.92 Å². The first-order valence-corrected chi connectivity index (χ1v) is 2.11. The van der Waals surface area contributed by atoms with E-state index in [0.29, 0.717) is 5.75 Å². The summed E-state index contributed by atoms with van der Waals surface area (Å²) in [6.07, 6.45) is -0.301. The Morgan fingerprint density at radius 1 is 2.00 bits per heavy atom. The number of aliphatic hydroxyl groups excluding tert-OH is 1. The Balaban J connectivity index is 2.54. The first kappa shape index (κ1) is 5.31. The Hall–Kier alpha value is 0.310. The Bertz CT molecular complexity index is 20.9. The van der Waals surface area contributed by atoms with Crippen molar-refractivity contribution in [3.63, 3.8) is 0 Å². The highest BCUT2D eigenvalue weighted by atomic mass is 32.1. The molecule has 0 aromatic rings. The molecule has 0 aliphatic rings. The third-order valence-electron chi connectivity index (χ3n) is 0.241. The maximum Gasteiger partial charge on any atom is 0.0610 e. The van der Waals surface area contributed by atoms with Gasteiger partial charge in [-0.05, 0) is 6.92 Å². The highest BCUT2D eigenvalue weighted by molar-refractivity contribution is 7.80. The van der Waals surface area contributed by atoms with Crippen LogP contribution >= 0.6 is 12.6 Å². The van der Waals surface area contributed by atoms with E-state index in [2.05, 4.69) is 12.6 Å². The van der Waals surface area contributed by atoms with E-state index in [0.717, 1.165) is 0 Å². The van der Waals surface area contributed by atoms with Gasteiger partial charge in [0.15, 0.2) is 0 Å². The average molecular weight is 91.2 g/mol. The third-order valence-corrected chi connectivity index (χ3v) is 0.724. The molecule has 0 aliphatic carbocycles. The summed E-state index contributed by atoms with van der Waals surface area (Å²) in [5, 5.41) is 8.26. The molecule has 0 aromatic carbocycles. The molecule has 1 N–H and O–H groups in total. The van der Waals surface area contributed by atoms with Crippen molar-refractivity contribution in [1.29, 1.82) is 0 Å². The van der Waals surface area contributed by atoms with Gasteiger partial charge in [0.05, 0.1) is 6.10 Å². The zero-order valence-corrected chi connectivity index (χ0v) is 3.96. The monoisotopic (exact) mass is 91.0 g/mol. The van der Waals surface area contributed by atoms with Crippen LogP contribution < -0.4 is 0 Å². The van der Waals surface area contributed by atoms with Crippen LogP contribution in [-0.4, -0.2) is 17.0 Å². The fourth-order valence-electron chi connectivity index (χ4n) is 0. The predicted molar refractivity (Wildman–Crippen MR) is 24.1 cm³/mol. The molecule has 1 radical (unpaired) electrons. The van der Waals surface area contributed by atoms with Crippen molar-refractivity contribution in [2.24, 2.45) is 0 Å². The Morgan fingerprint density at radius 2 is 2.20 bits per heavy atom. The first-order chi connectivity index (χ1) is 2.27. The van der Waals surface area contributed by atoms with Crippen molar-refractivity contribution >= 4 is 12.6 Å². The van der Waals surface area contributed by atoms with Crippen molar-refractivity contribution < 1.29 is 5.11 Å².